The number of carbonyl (C=O) groups is 1. The summed E-state index contributed by atoms with van der Waals surface area (Å²) in [6, 6.07) is 22.5. The van der Waals surface area contributed by atoms with E-state index in [0.29, 0.717) is 18.1 Å². The molecule has 4 atom stereocenters. The molecule has 2 saturated carbocycles. The Kier molecular flexibility index (Phi) is 6.38. The highest BCUT2D eigenvalue weighted by Crippen LogP contribution is 2.60. The Balaban J connectivity index is 1.37. The average Bonchev–Trinajstić information content (AvgIpc) is 3.49. The molecule has 5 heteroatoms. The first kappa shape index (κ1) is 22.6. The molecular weight excluding hydrogens is 424 g/mol. The van der Waals surface area contributed by atoms with Crippen molar-refractivity contribution < 1.29 is 14.6 Å². The van der Waals surface area contributed by atoms with Crippen LogP contribution in [0, 0.1) is 11.8 Å². The SMILES string of the molecule is CC(O)CNC(=O)c1ccc([C@]2(c3ccc(OCc4ccccn4)cc3)CC3CC[C@@H]2C3)cc1. The molecule has 2 unspecified atom stereocenters. The average molecular weight is 457 g/mol. The Morgan fingerprint density at radius 2 is 1.82 bits per heavy atom. The van der Waals surface area contributed by atoms with Crippen LogP contribution >= 0.6 is 0 Å². The molecule has 176 valence electrons. The van der Waals surface area contributed by atoms with Crippen molar-refractivity contribution in [2.75, 3.05) is 6.54 Å². The van der Waals surface area contributed by atoms with Gasteiger partial charge in [-0.1, -0.05) is 36.8 Å². The minimum atomic E-state index is -0.559. The summed E-state index contributed by atoms with van der Waals surface area (Å²) in [7, 11) is 0. The second-order valence-electron chi connectivity index (χ2n) is 9.82. The molecule has 0 spiro atoms. The number of aromatic nitrogens is 1. The summed E-state index contributed by atoms with van der Waals surface area (Å²) < 4.78 is 5.97. The first-order valence-electron chi connectivity index (χ1n) is 12.2. The third-order valence-electron chi connectivity index (χ3n) is 7.55. The Bertz CT molecular complexity index is 1110. The van der Waals surface area contributed by atoms with Gasteiger partial charge >= 0.3 is 0 Å². The van der Waals surface area contributed by atoms with E-state index in [1.54, 1.807) is 13.1 Å². The van der Waals surface area contributed by atoms with E-state index in [1.807, 2.05) is 30.3 Å². The van der Waals surface area contributed by atoms with E-state index in [4.69, 9.17) is 4.74 Å². The molecule has 2 aliphatic carbocycles. The number of ether oxygens (including phenoxy) is 1. The molecule has 1 aromatic heterocycles. The largest absolute Gasteiger partial charge is 0.487 e. The van der Waals surface area contributed by atoms with E-state index in [-0.39, 0.29) is 17.9 Å². The molecule has 0 saturated heterocycles. The van der Waals surface area contributed by atoms with E-state index in [2.05, 4.69) is 46.7 Å². The molecule has 2 N–H and O–H groups in total. The molecular formula is C29H32N2O3. The van der Waals surface area contributed by atoms with Gasteiger partial charge in [0.15, 0.2) is 0 Å². The Morgan fingerprint density at radius 1 is 1.09 bits per heavy atom. The Hall–Kier alpha value is -3.18. The number of hydrogen-bond donors (Lipinski definition) is 2. The van der Waals surface area contributed by atoms with Gasteiger partial charge in [0.2, 0.25) is 0 Å². The van der Waals surface area contributed by atoms with E-state index in [1.165, 1.54) is 30.4 Å². The van der Waals surface area contributed by atoms with Crippen LogP contribution in [0.5, 0.6) is 5.75 Å². The fourth-order valence-corrected chi connectivity index (χ4v) is 5.95. The lowest BCUT2D eigenvalue weighted by Crippen LogP contribution is -2.34. The fourth-order valence-electron chi connectivity index (χ4n) is 5.95. The Labute approximate surface area is 201 Å². The maximum absolute atomic E-state index is 12.4. The predicted octanol–water partition coefficient (Wildman–Crippen LogP) is 4.88. The second kappa shape index (κ2) is 9.59. The quantitative estimate of drug-likeness (QED) is 0.507. The van der Waals surface area contributed by atoms with Gasteiger partial charge in [-0.05, 0) is 85.5 Å². The van der Waals surface area contributed by atoms with Crippen molar-refractivity contribution in [1.29, 1.82) is 0 Å². The van der Waals surface area contributed by atoms with Crippen molar-refractivity contribution in [1.82, 2.24) is 10.3 Å². The first-order valence-corrected chi connectivity index (χ1v) is 12.2. The van der Waals surface area contributed by atoms with E-state index in [9.17, 15) is 9.90 Å². The number of aliphatic hydroxyl groups is 1. The number of hydrogen-bond acceptors (Lipinski definition) is 4. The minimum Gasteiger partial charge on any atom is -0.487 e. The monoisotopic (exact) mass is 456 g/mol. The molecule has 5 rings (SSSR count). The number of fused-ring (bicyclic) bond motifs is 2. The van der Waals surface area contributed by atoms with Crippen LogP contribution in [-0.2, 0) is 12.0 Å². The normalized spacial score (nSPS) is 24.1. The fraction of sp³-hybridized carbons (Fsp3) is 0.379. The van der Waals surface area contributed by atoms with Gasteiger partial charge in [-0.3, -0.25) is 9.78 Å². The molecule has 0 aliphatic heterocycles. The van der Waals surface area contributed by atoms with Crippen molar-refractivity contribution in [3.8, 4) is 5.75 Å². The highest BCUT2D eigenvalue weighted by atomic mass is 16.5. The highest BCUT2D eigenvalue weighted by molar-refractivity contribution is 5.94. The number of pyridine rings is 1. The number of nitrogens with one attached hydrogen (secondary N) is 1. The summed E-state index contributed by atoms with van der Waals surface area (Å²) in [4.78, 5) is 16.7. The van der Waals surface area contributed by atoms with Crippen LogP contribution < -0.4 is 10.1 Å². The summed E-state index contributed by atoms with van der Waals surface area (Å²) in [5, 5.41) is 12.2. The number of carbonyl (C=O) groups excluding carboxylic acids is 1. The summed E-state index contributed by atoms with van der Waals surface area (Å²) in [6.45, 7) is 2.37. The van der Waals surface area contributed by atoms with Gasteiger partial charge in [0, 0.05) is 23.7 Å². The van der Waals surface area contributed by atoms with Crippen LogP contribution in [0.15, 0.2) is 72.9 Å². The Morgan fingerprint density at radius 3 is 2.41 bits per heavy atom. The zero-order chi connectivity index (χ0) is 23.5. The predicted molar refractivity (Wildman–Crippen MR) is 132 cm³/mol. The molecule has 34 heavy (non-hydrogen) atoms. The number of aliphatic hydroxyl groups excluding tert-OH is 1. The van der Waals surface area contributed by atoms with Crippen molar-refractivity contribution in [3.63, 3.8) is 0 Å². The van der Waals surface area contributed by atoms with Gasteiger partial charge in [-0.2, -0.15) is 0 Å². The smallest absolute Gasteiger partial charge is 0.251 e. The van der Waals surface area contributed by atoms with Gasteiger partial charge in [0.05, 0.1) is 11.8 Å². The molecule has 1 heterocycles. The van der Waals surface area contributed by atoms with Crippen molar-refractivity contribution >= 4 is 5.91 Å². The molecule has 2 bridgehead atoms. The van der Waals surface area contributed by atoms with Crippen LogP contribution in [0.2, 0.25) is 0 Å². The van der Waals surface area contributed by atoms with Crippen LogP contribution in [-0.4, -0.2) is 28.6 Å². The molecule has 0 radical (unpaired) electrons. The van der Waals surface area contributed by atoms with Gasteiger partial charge in [0.1, 0.15) is 12.4 Å². The van der Waals surface area contributed by atoms with Crippen LogP contribution in [0.25, 0.3) is 0 Å². The molecule has 2 aliphatic rings. The maximum atomic E-state index is 12.4. The lowest BCUT2D eigenvalue weighted by molar-refractivity contribution is 0.0924. The van der Waals surface area contributed by atoms with Crippen molar-refractivity contribution in [2.24, 2.45) is 11.8 Å². The summed E-state index contributed by atoms with van der Waals surface area (Å²) in [6.07, 6.45) is 6.21. The number of amides is 1. The van der Waals surface area contributed by atoms with Crippen LogP contribution in [0.3, 0.4) is 0 Å². The lowest BCUT2D eigenvalue weighted by atomic mass is 9.64. The van der Waals surface area contributed by atoms with Crippen molar-refractivity contribution in [3.05, 3.63) is 95.3 Å². The van der Waals surface area contributed by atoms with E-state index < -0.39 is 6.10 Å². The van der Waals surface area contributed by atoms with Crippen LogP contribution in [0.1, 0.15) is 59.8 Å². The van der Waals surface area contributed by atoms with E-state index >= 15 is 0 Å². The zero-order valence-electron chi connectivity index (χ0n) is 19.6. The zero-order valence-corrected chi connectivity index (χ0v) is 19.6. The van der Waals surface area contributed by atoms with E-state index in [0.717, 1.165) is 23.8 Å². The molecule has 1 amide bonds. The summed E-state index contributed by atoms with van der Waals surface area (Å²) in [5.41, 5.74) is 4.14. The lowest BCUT2D eigenvalue weighted by Gasteiger charge is -2.39. The number of benzene rings is 2. The maximum Gasteiger partial charge on any atom is 0.251 e. The van der Waals surface area contributed by atoms with Gasteiger partial charge < -0.3 is 15.2 Å². The summed E-state index contributed by atoms with van der Waals surface area (Å²) in [5.74, 6) is 2.08. The minimum absolute atomic E-state index is 0.0168. The number of nitrogens with zero attached hydrogens (tertiary/aromatic N) is 1. The molecule has 3 aromatic rings. The third kappa shape index (κ3) is 4.45. The van der Waals surface area contributed by atoms with Gasteiger partial charge in [0.25, 0.3) is 5.91 Å². The number of rotatable bonds is 8. The topological polar surface area (TPSA) is 71.5 Å². The summed E-state index contributed by atoms with van der Waals surface area (Å²) >= 11 is 0. The third-order valence-corrected chi connectivity index (χ3v) is 7.55. The van der Waals surface area contributed by atoms with Crippen LogP contribution in [0.4, 0.5) is 0 Å². The van der Waals surface area contributed by atoms with Crippen molar-refractivity contribution in [2.45, 2.75) is 50.7 Å². The molecule has 2 fully saturated rings. The van der Waals surface area contributed by atoms with Gasteiger partial charge in [-0.15, -0.1) is 0 Å². The second-order valence-corrected chi connectivity index (χ2v) is 9.82. The standard InChI is InChI=1S/C29H32N2O3/c1-20(32)18-31-28(33)22-6-9-23(10-7-22)29(17-21-5-8-25(29)16-21)24-11-13-27(14-12-24)34-19-26-4-2-3-15-30-26/h2-4,6-7,9-15,20-21,25,32H,5,8,16-19H2,1H3,(H,31,33)/t20?,21?,25-,29+/m1/s1. The molecule has 2 aromatic carbocycles. The highest BCUT2D eigenvalue weighted by Gasteiger charge is 2.52. The molecule has 5 nitrogen and oxygen atoms in total. The first-order chi connectivity index (χ1) is 16.5. The van der Waals surface area contributed by atoms with Gasteiger partial charge in [-0.25, -0.2) is 0 Å².